The van der Waals surface area contributed by atoms with Crippen LogP contribution in [0.2, 0.25) is 0 Å². The van der Waals surface area contributed by atoms with Crippen molar-refractivity contribution in [2.24, 2.45) is 0 Å². The first-order valence-electron chi connectivity index (χ1n) is 4.78. The number of sulfone groups is 1. The molecule has 0 atom stereocenters. The lowest BCUT2D eigenvalue weighted by atomic mass is 10.4. The smallest absolute Gasteiger partial charge is 0.222 e. The largest absolute Gasteiger partial charge is 0.368 e. The van der Waals surface area contributed by atoms with Crippen molar-refractivity contribution < 1.29 is 8.42 Å². The molecule has 1 aromatic heterocycles. The zero-order valence-electron chi connectivity index (χ0n) is 9.64. The van der Waals surface area contributed by atoms with Crippen molar-refractivity contribution in [3.8, 4) is 0 Å². The van der Waals surface area contributed by atoms with Crippen LogP contribution in [-0.4, -0.2) is 44.0 Å². The highest BCUT2D eigenvalue weighted by molar-refractivity contribution is 7.90. The molecule has 90 valence electrons. The van der Waals surface area contributed by atoms with Crippen LogP contribution in [-0.2, 0) is 9.84 Å². The number of aromatic nitrogens is 2. The van der Waals surface area contributed by atoms with Crippen molar-refractivity contribution in [2.45, 2.75) is 6.92 Å². The van der Waals surface area contributed by atoms with Crippen molar-refractivity contribution in [2.75, 3.05) is 36.2 Å². The average molecular weight is 244 g/mol. The maximum atomic E-state index is 11.0. The lowest BCUT2D eigenvalue weighted by Gasteiger charge is -2.17. The van der Waals surface area contributed by atoms with Crippen LogP contribution >= 0.6 is 0 Å². The van der Waals surface area contributed by atoms with Gasteiger partial charge in [0.25, 0.3) is 0 Å². The van der Waals surface area contributed by atoms with Gasteiger partial charge in [0.1, 0.15) is 15.7 Å². The van der Waals surface area contributed by atoms with E-state index >= 15 is 0 Å². The van der Waals surface area contributed by atoms with E-state index in [0.29, 0.717) is 12.4 Å². The summed E-state index contributed by atoms with van der Waals surface area (Å²) in [6, 6.07) is 1.76. The molecule has 7 heteroatoms. The van der Waals surface area contributed by atoms with Crippen molar-refractivity contribution in [3.63, 3.8) is 0 Å². The van der Waals surface area contributed by atoms with Crippen LogP contribution in [0.15, 0.2) is 6.07 Å². The summed E-state index contributed by atoms with van der Waals surface area (Å²) >= 11 is 0. The fourth-order valence-electron chi connectivity index (χ4n) is 1.19. The van der Waals surface area contributed by atoms with Crippen LogP contribution in [0.5, 0.6) is 0 Å². The van der Waals surface area contributed by atoms with E-state index in [0.717, 1.165) is 5.69 Å². The van der Waals surface area contributed by atoms with E-state index in [9.17, 15) is 8.42 Å². The van der Waals surface area contributed by atoms with Crippen molar-refractivity contribution >= 4 is 21.6 Å². The number of nitrogen functional groups attached to an aromatic ring is 1. The number of hydrogen-bond acceptors (Lipinski definition) is 6. The maximum absolute atomic E-state index is 11.0. The van der Waals surface area contributed by atoms with Crippen LogP contribution in [0.1, 0.15) is 5.69 Å². The van der Waals surface area contributed by atoms with E-state index in [-0.39, 0.29) is 11.7 Å². The number of hydrogen-bond donors (Lipinski definition) is 1. The molecule has 0 aliphatic carbocycles. The molecule has 0 bridgehead atoms. The highest BCUT2D eigenvalue weighted by atomic mass is 32.2. The lowest BCUT2D eigenvalue weighted by molar-refractivity contribution is 0.601. The molecule has 16 heavy (non-hydrogen) atoms. The van der Waals surface area contributed by atoms with Gasteiger partial charge in [-0.2, -0.15) is 4.98 Å². The van der Waals surface area contributed by atoms with E-state index in [4.69, 9.17) is 5.73 Å². The summed E-state index contributed by atoms with van der Waals surface area (Å²) in [5.41, 5.74) is 6.27. The third-order valence-electron chi connectivity index (χ3n) is 2.05. The Balaban J connectivity index is 2.76. The monoisotopic (exact) mass is 244 g/mol. The fourth-order valence-corrected chi connectivity index (χ4v) is 1.79. The predicted octanol–water partition coefficient (Wildman–Crippen LogP) is -0.152. The molecule has 0 aliphatic heterocycles. The summed E-state index contributed by atoms with van der Waals surface area (Å²) in [6.07, 6.45) is 1.21. The summed E-state index contributed by atoms with van der Waals surface area (Å²) in [7, 11) is -1.19. The zero-order valence-corrected chi connectivity index (χ0v) is 10.5. The highest BCUT2D eigenvalue weighted by Gasteiger charge is 2.08. The van der Waals surface area contributed by atoms with Crippen molar-refractivity contribution in [1.82, 2.24) is 9.97 Å². The second-order valence-corrected chi connectivity index (χ2v) is 6.04. The van der Waals surface area contributed by atoms with Gasteiger partial charge in [-0.15, -0.1) is 0 Å². The third-order valence-corrected chi connectivity index (χ3v) is 2.97. The minimum atomic E-state index is -2.96. The summed E-state index contributed by atoms with van der Waals surface area (Å²) in [5.74, 6) is 0.918. The first-order valence-corrected chi connectivity index (χ1v) is 6.84. The minimum absolute atomic E-state index is 0.0897. The molecule has 6 nitrogen and oxygen atoms in total. The Morgan fingerprint density at radius 3 is 2.56 bits per heavy atom. The van der Waals surface area contributed by atoms with E-state index in [1.54, 1.807) is 18.0 Å². The molecule has 1 heterocycles. The Hall–Kier alpha value is -1.37. The molecular weight excluding hydrogens is 228 g/mol. The number of rotatable bonds is 4. The molecule has 2 N–H and O–H groups in total. The van der Waals surface area contributed by atoms with Crippen LogP contribution in [0, 0.1) is 6.92 Å². The fraction of sp³-hybridized carbons (Fsp3) is 0.556. The summed E-state index contributed by atoms with van der Waals surface area (Å²) < 4.78 is 22.0. The predicted molar refractivity (Wildman–Crippen MR) is 64.2 cm³/mol. The first kappa shape index (κ1) is 12.7. The van der Waals surface area contributed by atoms with Gasteiger partial charge in [-0.3, -0.25) is 0 Å². The average Bonchev–Trinajstić information content (AvgIpc) is 2.11. The Bertz CT molecular complexity index is 452. The second kappa shape index (κ2) is 4.65. The van der Waals surface area contributed by atoms with Crippen LogP contribution < -0.4 is 10.6 Å². The van der Waals surface area contributed by atoms with Gasteiger partial charge in [-0.25, -0.2) is 13.4 Å². The van der Waals surface area contributed by atoms with Gasteiger partial charge >= 0.3 is 0 Å². The van der Waals surface area contributed by atoms with E-state index < -0.39 is 9.84 Å². The number of nitrogens with zero attached hydrogens (tertiary/aromatic N) is 3. The molecule has 0 fully saturated rings. The normalized spacial score (nSPS) is 11.4. The Morgan fingerprint density at radius 1 is 1.44 bits per heavy atom. The van der Waals surface area contributed by atoms with Gasteiger partial charge in [0, 0.05) is 31.6 Å². The molecular formula is C9H16N4O2S. The number of nitrogens with two attached hydrogens (primary N) is 1. The van der Waals surface area contributed by atoms with Gasteiger partial charge in [0.15, 0.2) is 0 Å². The molecule has 0 amide bonds. The number of aryl methyl sites for hydroxylation is 1. The van der Waals surface area contributed by atoms with Gasteiger partial charge in [-0.1, -0.05) is 0 Å². The quantitative estimate of drug-likeness (QED) is 0.792. The molecule has 0 aromatic carbocycles. The van der Waals surface area contributed by atoms with Gasteiger partial charge in [0.05, 0.1) is 5.75 Å². The molecule has 0 unspecified atom stereocenters. The number of anilines is 2. The molecule has 0 radical (unpaired) electrons. The van der Waals surface area contributed by atoms with Crippen LogP contribution in [0.4, 0.5) is 11.8 Å². The van der Waals surface area contributed by atoms with Crippen LogP contribution in [0.3, 0.4) is 0 Å². The van der Waals surface area contributed by atoms with E-state index in [1.807, 2.05) is 6.92 Å². The molecule has 0 saturated heterocycles. The minimum Gasteiger partial charge on any atom is -0.368 e. The zero-order chi connectivity index (χ0) is 12.3. The standard InChI is InChI=1S/C9H16N4O2S/c1-7-6-8(12-9(10)11-7)13(2)4-5-16(3,14)15/h6H,4-5H2,1-3H3,(H2,10,11,12). The molecule has 0 aliphatic rings. The summed E-state index contributed by atoms with van der Waals surface area (Å²) in [6.45, 7) is 2.20. The van der Waals surface area contributed by atoms with E-state index in [1.165, 1.54) is 6.26 Å². The van der Waals surface area contributed by atoms with Crippen molar-refractivity contribution in [1.29, 1.82) is 0 Å². The summed E-state index contributed by atoms with van der Waals surface area (Å²) in [4.78, 5) is 9.72. The Labute approximate surface area is 95.4 Å². The highest BCUT2D eigenvalue weighted by Crippen LogP contribution is 2.11. The second-order valence-electron chi connectivity index (χ2n) is 3.78. The third kappa shape index (κ3) is 4.01. The van der Waals surface area contributed by atoms with Gasteiger partial charge in [0.2, 0.25) is 5.95 Å². The summed E-state index contributed by atoms with van der Waals surface area (Å²) in [5, 5.41) is 0. The first-order chi connectivity index (χ1) is 7.28. The molecule has 0 saturated carbocycles. The SMILES string of the molecule is Cc1cc(N(C)CCS(C)(=O)=O)nc(N)n1. The van der Waals surface area contributed by atoms with Gasteiger partial charge in [-0.05, 0) is 6.92 Å². The Kier molecular flexibility index (Phi) is 3.69. The maximum Gasteiger partial charge on any atom is 0.222 e. The van der Waals surface area contributed by atoms with E-state index in [2.05, 4.69) is 9.97 Å². The topological polar surface area (TPSA) is 89.2 Å². The molecule has 1 rings (SSSR count). The molecule has 0 spiro atoms. The Morgan fingerprint density at radius 2 is 2.06 bits per heavy atom. The van der Waals surface area contributed by atoms with Crippen molar-refractivity contribution in [3.05, 3.63) is 11.8 Å². The van der Waals surface area contributed by atoms with Gasteiger partial charge < -0.3 is 10.6 Å². The van der Waals surface area contributed by atoms with Crippen LogP contribution in [0.25, 0.3) is 0 Å². The lowest BCUT2D eigenvalue weighted by Crippen LogP contribution is -2.26. The molecule has 1 aromatic rings.